The Morgan fingerprint density at radius 3 is 3.08 bits per heavy atom. The number of halogens is 1. The van der Waals surface area contributed by atoms with Crippen molar-refractivity contribution in [2.75, 3.05) is 0 Å². The number of fused-ring (bicyclic) bond motifs is 1. The molecule has 0 aliphatic carbocycles. The lowest BCUT2D eigenvalue weighted by Gasteiger charge is -1.92. The van der Waals surface area contributed by atoms with E-state index in [1.165, 1.54) is 12.1 Å². The molecule has 65 valence electrons. The lowest BCUT2D eigenvalue weighted by Crippen LogP contribution is -1.88. The fraction of sp³-hybridized carbons (Fsp3) is 0. The highest BCUT2D eigenvalue weighted by atomic mass is 35.5. The predicted octanol–water partition coefficient (Wildman–Crippen LogP) is 2.19. The fourth-order valence-corrected chi connectivity index (χ4v) is 1.21. The number of nitro groups is 1. The maximum absolute atomic E-state index is 10.5. The van der Waals surface area contributed by atoms with Crippen molar-refractivity contribution in [1.29, 1.82) is 0 Å². The van der Waals surface area contributed by atoms with Crippen LogP contribution in [0.5, 0.6) is 0 Å². The molecule has 2 rings (SSSR count). The van der Waals surface area contributed by atoms with E-state index in [1.54, 1.807) is 0 Å². The smallest absolute Gasteiger partial charge is 0.315 e. The van der Waals surface area contributed by atoms with Crippen LogP contribution in [-0.2, 0) is 0 Å². The predicted molar refractivity (Wildman–Crippen MR) is 44.5 cm³/mol. The molecule has 0 atom stereocenters. The van der Waals surface area contributed by atoms with Crippen LogP contribution in [0.4, 0.5) is 5.69 Å². The first kappa shape index (κ1) is 8.00. The van der Waals surface area contributed by atoms with E-state index in [1.807, 2.05) is 0 Å². The molecule has 6 heteroatoms. The van der Waals surface area contributed by atoms with Gasteiger partial charge < -0.3 is 4.42 Å². The van der Waals surface area contributed by atoms with Crippen LogP contribution in [-0.4, -0.2) is 9.91 Å². The number of hydrogen-bond donors (Lipinski definition) is 0. The van der Waals surface area contributed by atoms with Gasteiger partial charge in [0.1, 0.15) is 5.52 Å². The van der Waals surface area contributed by atoms with Gasteiger partial charge in [-0.1, -0.05) is 11.6 Å². The molecule has 0 saturated carbocycles. The standard InChI is InChI=1S/C7H2ClN2O3/c8-4-1-5-7(13-3-9-5)6(2-4)10(11)12/h1-2H. The molecule has 0 saturated heterocycles. The van der Waals surface area contributed by atoms with Crippen LogP contribution in [0.25, 0.3) is 11.1 Å². The largest absolute Gasteiger partial charge is 0.425 e. The molecular formula is C7H2ClN2O3. The summed E-state index contributed by atoms with van der Waals surface area (Å²) >= 11 is 5.62. The minimum atomic E-state index is -0.576. The van der Waals surface area contributed by atoms with E-state index >= 15 is 0 Å². The van der Waals surface area contributed by atoms with Gasteiger partial charge in [-0.25, -0.2) is 4.98 Å². The van der Waals surface area contributed by atoms with Gasteiger partial charge >= 0.3 is 5.69 Å². The Balaban J connectivity index is 2.84. The van der Waals surface area contributed by atoms with Crippen molar-refractivity contribution in [2.24, 2.45) is 0 Å². The second-order valence-corrected chi connectivity index (χ2v) is 2.77. The Hall–Kier alpha value is -1.62. The number of nitro benzene ring substituents is 1. The molecule has 2 aromatic rings. The minimum Gasteiger partial charge on any atom is -0.425 e. The van der Waals surface area contributed by atoms with Crippen molar-refractivity contribution in [1.82, 2.24) is 4.98 Å². The summed E-state index contributed by atoms with van der Waals surface area (Å²) in [5, 5.41) is 10.8. The zero-order valence-electron chi connectivity index (χ0n) is 6.15. The molecule has 1 aromatic heterocycles. The molecular weight excluding hydrogens is 196 g/mol. The van der Waals surface area contributed by atoms with E-state index in [9.17, 15) is 10.1 Å². The monoisotopic (exact) mass is 197 g/mol. The summed E-state index contributed by atoms with van der Waals surface area (Å²) in [7, 11) is 0. The van der Waals surface area contributed by atoms with Crippen molar-refractivity contribution in [3.63, 3.8) is 0 Å². The second kappa shape index (κ2) is 2.70. The lowest BCUT2D eigenvalue weighted by molar-refractivity contribution is -0.383. The quantitative estimate of drug-likeness (QED) is 0.519. The first-order chi connectivity index (χ1) is 6.18. The highest BCUT2D eigenvalue weighted by Gasteiger charge is 2.17. The first-order valence-electron chi connectivity index (χ1n) is 3.29. The molecule has 0 unspecified atom stereocenters. The van der Waals surface area contributed by atoms with E-state index in [2.05, 4.69) is 11.4 Å². The van der Waals surface area contributed by atoms with E-state index < -0.39 is 4.92 Å². The maximum atomic E-state index is 10.5. The molecule has 5 nitrogen and oxygen atoms in total. The summed E-state index contributed by atoms with van der Waals surface area (Å²) < 4.78 is 4.73. The number of aromatic nitrogens is 1. The Morgan fingerprint density at radius 1 is 1.62 bits per heavy atom. The van der Waals surface area contributed by atoms with Crippen LogP contribution in [0.15, 0.2) is 16.5 Å². The summed E-state index contributed by atoms with van der Waals surface area (Å²) in [6, 6.07) is 2.69. The van der Waals surface area contributed by atoms with Crippen LogP contribution in [0.1, 0.15) is 0 Å². The fourth-order valence-electron chi connectivity index (χ4n) is 1.01. The number of rotatable bonds is 1. The van der Waals surface area contributed by atoms with Gasteiger partial charge in [-0.3, -0.25) is 10.1 Å². The van der Waals surface area contributed by atoms with Gasteiger partial charge in [0.25, 0.3) is 6.39 Å². The number of nitrogens with zero attached hydrogens (tertiary/aromatic N) is 2. The van der Waals surface area contributed by atoms with Crippen molar-refractivity contribution >= 4 is 28.4 Å². The third kappa shape index (κ3) is 1.23. The molecule has 0 spiro atoms. The maximum Gasteiger partial charge on any atom is 0.315 e. The second-order valence-electron chi connectivity index (χ2n) is 2.34. The van der Waals surface area contributed by atoms with Crippen LogP contribution in [0.3, 0.4) is 0 Å². The molecule has 0 bridgehead atoms. The lowest BCUT2D eigenvalue weighted by atomic mass is 10.3. The minimum absolute atomic E-state index is 0.0920. The van der Waals surface area contributed by atoms with Crippen LogP contribution >= 0.6 is 11.6 Å². The molecule has 0 N–H and O–H groups in total. The van der Waals surface area contributed by atoms with Crippen LogP contribution in [0.2, 0.25) is 5.02 Å². The van der Waals surface area contributed by atoms with E-state index in [0.29, 0.717) is 5.52 Å². The van der Waals surface area contributed by atoms with Gasteiger partial charge in [0, 0.05) is 11.1 Å². The Morgan fingerprint density at radius 2 is 2.38 bits per heavy atom. The number of oxazole rings is 1. The molecule has 13 heavy (non-hydrogen) atoms. The highest BCUT2D eigenvalue weighted by molar-refractivity contribution is 6.31. The Bertz CT molecular complexity index is 480. The molecule has 0 aliphatic heterocycles. The van der Waals surface area contributed by atoms with Crippen molar-refractivity contribution < 1.29 is 9.34 Å². The third-order valence-electron chi connectivity index (χ3n) is 1.52. The average molecular weight is 198 g/mol. The van der Waals surface area contributed by atoms with Gasteiger partial charge in [0.2, 0.25) is 5.58 Å². The number of non-ortho nitro benzene ring substituents is 1. The summed E-state index contributed by atoms with van der Waals surface area (Å²) in [6.07, 6.45) is 2.17. The van der Waals surface area contributed by atoms with Gasteiger partial charge in [-0.05, 0) is 6.07 Å². The van der Waals surface area contributed by atoms with Gasteiger partial charge in [0.05, 0.1) is 4.92 Å². The van der Waals surface area contributed by atoms with E-state index in [0.717, 1.165) is 0 Å². The topological polar surface area (TPSA) is 69.2 Å². The average Bonchev–Trinajstić information content (AvgIpc) is 2.49. The Kier molecular flexibility index (Phi) is 1.66. The number of hydrogen-bond acceptors (Lipinski definition) is 4. The third-order valence-corrected chi connectivity index (χ3v) is 1.74. The molecule has 1 radical (unpaired) electrons. The summed E-state index contributed by atoms with van der Waals surface area (Å²) in [5.41, 5.74) is 0.227. The van der Waals surface area contributed by atoms with Crippen molar-refractivity contribution in [2.45, 2.75) is 0 Å². The molecule has 1 heterocycles. The molecule has 0 fully saturated rings. The summed E-state index contributed by atoms with van der Waals surface area (Å²) in [5.74, 6) is 0. The van der Waals surface area contributed by atoms with Crippen molar-refractivity contribution in [3.8, 4) is 0 Å². The number of benzene rings is 1. The summed E-state index contributed by atoms with van der Waals surface area (Å²) in [4.78, 5) is 13.6. The van der Waals surface area contributed by atoms with Crippen molar-refractivity contribution in [3.05, 3.63) is 33.7 Å². The van der Waals surface area contributed by atoms with Gasteiger partial charge in [-0.2, -0.15) is 0 Å². The summed E-state index contributed by atoms with van der Waals surface area (Å²) in [6.45, 7) is 0. The van der Waals surface area contributed by atoms with Gasteiger partial charge in [-0.15, -0.1) is 0 Å². The zero-order chi connectivity index (χ0) is 9.42. The molecule has 0 aliphatic rings. The molecule has 0 amide bonds. The van der Waals surface area contributed by atoms with Crippen LogP contribution in [0, 0.1) is 16.5 Å². The molecule has 1 aromatic carbocycles. The Labute approximate surface area is 77.1 Å². The SMILES string of the molecule is O=[N+]([O-])c1cc(Cl)cc2n[c]oc12. The van der Waals surface area contributed by atoms with E-state index in [4.69, 9.17) is 16.0 Å². The van der Waals surface area contributed by atoms with Gasteiger partial charge in [0.15, 0.2) is 0 Å². The highest BCUT2D eigenvalue weighted by Crippen LogP contribution is 2.28. The first-order valence-corrected chi connectivity index (χ1v) is 3.67. The normalized spacial score (nSPS) is 10.5. The van der Waals surface area contributed by atoms with Crippen LogP contribution < -0.4 is 0 Å². The van der Waals surface area contributed by atoms with E-state index in [-0.39, 0.29) is 16.3 Å². The zero-order valence-corrected chi connectivity index (χ0v) is 6.91.